The average Bonchev–Trinajstić information content (AvgIpc) is 1.96. The van der Waals surface area contributed by atoms with Crippen molar-refractivity contribution in [2.45, 2.75) is 38.9 Å². The molecule has 3 heteroatoms. The highest BCUT2D eigenvalue weighted by atomic mass is 32.2. The first-order valence-corrected chi connectivity index (χ1v) is 5.24. The maximum Gasteiger partial charge on any atom is 0.136 e. The molecular formula is C9H17NOS. The third kappa shape index (κ3) is 5.48. The highest BCUT2D eigenvalue weighted by Crippen LogP contribution is 2.12. The molecule has 1 unspecified atom stereocenters. The lowest BCUT2D eigenvalue weighted by Gasteiger charge is -2.22. The van der Waals surface area contributed by atoms with Crippen molar-refractivity contribution in [3.05, 3.63) is 0 Å². The van der Waals surface area contributed by atoms with Crippen molar-refractivity contribution in [1.29, 1.82) is 0 Å². The van der Waals surface area contributed by atoms with Gasteiger partial charge >= 0.3 is 0 Å². The van der Waals surface area contributed by atoms with Crippen LogP contribution >= 0.6 is 0 Å². The van der Waals surface area contributed by atoms with Gasteiger partial charge in [0, 0.05) is 17.8 Å². The zero-order valence-corrected chi connectivity index (χ0v) is 9.05. The smallest absolute Gasteiger partial charge is 0.136 e. The Labute approximate surface area is 78.4 Å². The topological polar surface area (TPSA) is 35.1 Å². The second-order valence-electron chi connectivity index (χ2n) is 3.41. The molecule has 0 amide bonds. The zero-order valence-electron chi connectivity index (χ0n) is 8.23. The Hall–Kier alpha value is -0.170. The largest absolute Gasteiger partial charge is 0.598 e. The molecule has 0 fully saturated rings. The van der Waals surface area contributed by atoms with E-state index in [9.17, 15) is 4.55 Å². The van der Waals surface area contributed by atoms with Crippen LogP contribution in [-0.4, -0.2) is 15.8 Å². The van der Waals surface area contributed by atoms with E-state index >= 15 is 0 Å². The van der Waals surface area contributed by atoms with E-state index in [0.29, 0.717) is 6.54 Å². The minimum absolute atomic E-state index is 0.201. The second kappa shape index (κ2) is 5.47. The summed E-state index contributed by atoms with van der Waals surface area (Å²) in [7, 11) is 0. The predicted octanol–water partition coefficient (Wildman–Crippen LogP) is 1.45. The Balaban J connectivity index is 3.65. The fourth-order valence-corrected chi connectivity index (χ4v) is 1.14. The quantitative estimate of drug-likeness (QED) is 0.524. The molecule has 0 heterocycles. The van der Waals surface area contributed by atoms with Crippen molar-refractivity contribution in [3.63, 3.8) is 0 Å². The van der Waals surface area contributed by atoms with Gasteiger partial charge in [-0.25, -0.2) is 0 Å². The molecule has 0 saturated carbocycles. The van der Waals surface area contributed by atoms with E-state index < -0.39 is 11.4 Å². The van der Waals surface area contributed by atoms with Crippen molar-refractivity contribution >= 4 is 11.4 Å². The fraction of sp³-hybridized carbons (Fsp3) is 0.778. The molecule has 0 aliphatic rings. The van der Waals surface area contributed by atoms with Gasteiger partial charge in [0.2, 0.25) is 0 Å². The first kappa shape index (κ1) is 11.8. The van der Waals surface area contributed by atoms with Gasteiger partial charge in [-0.1, -0.05) is 12.8 Å². The molecule has 0 rings (SSSR count). The third-order valence-electron chi connectivity index (χ3n) is 1.15. The van der Waals surface area contributed by atoms with Crippen molar-refractivity contribution in [3.8, 4) is 11.8 Å². The molecule has 0 saturated heterocycles. The second-order valence-corrected chi connectivity index (χ2v) is 5.46. The van der Waals surface area contributed by atoms with Gasteiger partial charge in [0.1, 0.15) is 11.3 Å². The van der Waals surface area contributed by atoms with Gasteiger partial charge in [-0.15, -0.1) is 10.6 Å². The summed E-state index contributed by atoms with van der Waals surface area (Å²) in [4.78, 5) is 0. The monoisotopic (exact) mass is 187 g/mol. The zero-order chi connectivity index (χ0) is 9.61. The number of rotatable bonds is 2. The third-order valence-corrected chi connectivity index (χ3v) is 2.67. The lowest BCUT2D eigenvalue weighted by atomic mass is 10.3. The molecule has 0 spiro atoms. The van der Waals surface area contributed by atoms with Crippen LogP contribution in [0.2, 0.25) is 0 Å². The van der Waals surface area contributed by atoms with Gasteiger partial charge in [-0.3, -0.25) is 0 Å². The van der Waals surface area contributed by atoms with E-state index in [1.807, 2.05) is 27.7 Å². The molecule has 0 aliphatic heterocycles. The maximum absolute atomic E-state index is 11.4. The first-order valence-electron chi connectivity index (χ1n) is 4.09. The summed E-state index contributed by atoms with van der Waals surface area (Å²) in [6.45, 7) is 8.31. The molecule has 0 aromatic heterocycles. The van der Waals surface area contributed by atoms with Gasteiger partial charge < -0.3 is 4.55 Å². The molecule has 2 nitrogen and oxygen atoms in total. The molecule has 12 heavy (non-hydrogen) atoms. The minimum Gasteiger partial charge on any atom is -0.598 e. The first-order chi connectivity index (χ1) is 5.48. The summed E-state index contributed by atoms with van der Waals surface area (Å²) in [5.74, 6) is 5.79. The Morgan fingerprint density at radius 3 is 2.33 bits per heavy atom. The Bertz CT molecular complexity index is 175. The number of hydrogen-bond donors (Lipinski definition) is 1. The van der Waals surface area contributed by atoms with E-state index in [4.69, 9.17) is 0 Å². The standard InChI is InChI=1S/C9H17NOS/c1-5-6-7-8-10-12(11)9(2,3)4/h10H,5,8H2,1-4H3. The Morgan fingerprint density at radius 2 is 1.92 bits per heavy atom. The number of hydrogen-bond acceptors (Lipinski definition) is 2. The van der Waals surface area contributed by atoms with Crippen molar-refractivity contribution in [1.82, 2.24) is 4.72 Å². The van der Waals surface area contributed by atoms with Crippen LogP contribution in [0, 0.1) is 11.8 Å². The van der Waals surface area contributed by atoms with Crippen LogP contribution in [0.1, 0.15) is 34.1 Å². The summed E-state index contributed by atoms with van der Waals surface area (Å²) in [6, 6.07) is 0. The molecule has 0 bridgehead atoms. The normalized spacial score (nSPS) is 13.4. The molecule has 70 valence electrons. The van der Waals surface area contributed by atoms with Crippen molar-refractivity contribution in [2.75, 3.05) is 6.54 Å². The Morgan fingerprint density at radius 1 is 1.33 bits per heavy atom. The molecule has 1 N–H and O–H groups in total. The summed E-state index contributed by atoms with van der Waals surface area (Å²) in [5, 5.41) is 0. The lowest BCUT2D eigenvalue weighted by molar-refractivity contribution is 0.548. The summed E-state index contributed by atoms with van der Waals surface area (Å²) >= 11 is -0.993. The van der Waals surface area contributed by atoms with Crippen LogP contribution in [-0.2, 0) is 11.4 Å². The highest BCUT2D eigenvalue weighted by Gasteiger charge is 2.25. The van der Waals surface area contributed by atoms with Crippen LogP contribution in [0.5, 0.6) is 0 Å². The minimum atomic E-state index is -0.993. The maximum atomic E-state index is 11.4. The SMILES string of the molecule is CCC#CCN[S+]([O-])C(C)(C)C. The summed E-state index contributed by atoms with van der Waals surface area (Å²) in [5.41, 5.74) is 0. The summed E-state index contributed by atoms with van der Waals surface area (Å²) in [6.07, 6.45) is 0.851. The van der Waals surface area contributed by atoms with Gasteiger partial charge in [0.05, 0.1) is 0 Å². The molecule has 1 atom stereocenters. The van der Waals surface area contributed by atoms with Crippen molar-refractivity contribution in [2.24, 2.45) is 0 Å². The van der Waals surface area contributed by atoms with Gasteiger partial charge in [0.15, 0.2) is 0 Å². The van der Waals surface area contributed by atoms with Crippen LogP contribution in [0.3, 0.4) is 0 Å². The molecule has 0 aromatic carbocycles. The summed E-state index contributed by atoms with van der Waals surface area (Å²) < 4.78 is 14.0. The molecule has 0 aromatic rings. The van der Waals surface area contributed by atoms with Gasteiger partial charge in [0.25, 0.3) is 0 Å². The molecule has 0 radical (unpaired) electrons. The predicted molar refractivity (Wildman–Crippen MR) is 54.0 cm³/mol. The van der Waals surface area contributed by atoms with Crippen LogP contribution in [0.25, 0.3) is 0 Å². The fourth-order valence-electron chi connectivity index (χ4n) is 0.506. The lowest BCUT2D eigenvalue weighted by Crippen LogP contribution is -2.39. The van der Waals surface area contributed by atoms with Crippen LogP contribution in [0.4, 0.5) is 0 Å². The van der Waals surface area contributed by atoms with E-state index in [-0.39, 0.29) is 4.75 Å². The van der Waals surface area contributed by atoms with Gasteiger partial charge in [-0.05, 0) is 20.8 Å². The average molecular weight is 187 g/mol. The molecular weight excluding hydrogens is 170 g/mol. The van der Waals surface area contributed by atoms with E-state index in [0.717, 1.165) is 6.42 Å². The number of nitrogens with one attached hydrogen (secondary N) is 1. The van der Waals surface area contributed by atoms with E-state index in [1.165, 1.54) is 0 Å². The van der Waals surface area contributed by atoms with Gasteiger partial charge in [-0.2, -0.15) is 0 Å². The Kier molecular flexibility index (Phi) is 5.39. The van der Waals surface area contributed by atoms with Crippen LogP contribution in [0.15, 0.2) is 0 Å². The highest BCUT2D eigenvalue weighted by molar-refractivity contribution is 7.90. The van der Waals surface area contributed by atoms with E-state index in [2.05, 4.69) is 16.6 Å². The van der Waals surface area contributed by atoms with E-state index in [1.54, 1.807) is 0 Å². The molecule has 0 aliphatic carbocycles. The van der Waals surface area contributed by atoms with Crippen molar-refractivity contribution < 1.29 is 4.55 Å². The van der Waals surface area contributed by atoms with Crippen LogP contribution < -0.4 is 4.72 Å².